The molecule has 1 amide bonds. The Morgan fingerprint density at radius 2 is 1.94 bits per heavy atom. The number of anilines is 1. The summed E-state index contributed by atoms with van der Waals surface area (Å²) in [7, 11) is 1.56. The largest absolute Gasteiger partial charge is 0.481 e. The fourth-order valence-corrected chi connectivity index (χ4v) is 4.99. The maximum absolute atomic E-state index is 15.0. The first-order valence-electron chi connectivity index (χ1n) is 10.6. The van der Waals surface area contributed by atoms with Gasteiger partial charge in [-0.25, -0.2) is 9.38 Å². The van der Waals surface area contributed by atoms with Gasteiger partial charge in [-0.15, -0.1) is 0 Å². The lowest BCUT2D eigenvalue weighted by Crippen LogP contribution is -2.58. The summed E-state index contributed by atoms with van der Waals surface area (Å²) in [5, 5.41) is 12.7. The van der Waals surface area contributed by atoms with Gasteiger partial charge in [0, 0.05) is 30.8 Å². The van der Waals surface area contributed by atoms with E-state index in [9.17, 15) is 14.7 Å². The molecule has 0 spiro atoms. The van der Waals surface area contributed by atoms with Crippen molar-refractivity contribution < 1.29 is 19.1 Å². The van der Waals surface area contributed by atoms with Crippen molar-refractivity contribution in [3.8, 4) is 0 Å². The highest BCUT2D eigenvalue weighted by atomic mass is 19.1. The van der Waals surface area contributed by atoms with Crippen molar-refractivity contribution in [2.75, 3.05) is 12.4 Å². The zero-order valence-corrected chi connectivity index (χ0v) is 19.1. The van der Waals surface area contributed by atoms with E-state index in [1.165, 1.54) is 11.0 Å². The Labute approximate surface area is 182 Å². The number of aliphatic imine (C=N–C) groups is 1. The third-order valence-electron chi connectivity index (χ3n) is 7.74. The highest BCUT2D eigenvalue weighted by Gasteiger charge is 2.54. The second-order valence-corrected chi connectivity index (χ2v) is 10.1. The van der Waals surface area contributed by atoms with Crippen molar-refractivity contribution in [3.05, 3.63) is 29.6 Å². The van der Waals surface area contributed by atoms with Crippen molar-refractivity contribution in [3.63, 3.8) is 0 Å². The van der Waals surface area contributed by atoms with E-state index >= 15 is 4.39 Å². The molecule has 8 heteroatoms. The topological polar surface area (TPSA) is 108 Å². The molecule has 1 aliphatic carbocycles. The first-order valence-corrected chi connectivity index (χ1v) is 10.6. The number of hydrogen-bond donors (Lipinski definition) is 3. The smallest absolute Gasteiger partial charge is 0.303 e. The van der Waals surface area contributed by atoms with Crippen molar-refractivity contribution in [2.45, 2.75) is 65.5 Å². The molecule has 7 nitrogen and oxygen atoms in total. The van der Waals surface area contributed by atoms with E-state index in [1.54, 1.807) is 40.0 Å². The molecule has 1 aromatic rings. The van der Waals surface area contributed by atoms with Gasteiger partial charge >= 0.3 is 5.97 Å². The molecule has 1 aromatic carbocycles. The molecule has 3 rings (SSSR count). The first kappa shape index (κ1) is 23.0. The summed E-state index contributed by atoms with van der Waals surface area (Å²) >= 11 is 0. The van der Waals surface area contributed by atoms with Crippen LogP contribution in [0.1, 0.15) is 59.4 Å². The number of carboxylic acid groups (broad SMARTS) is 1. The van der Waals surface area contributed by atoms with E-state index in [4.69, 9.17) is 5.73 Å². The van der Waals surface area contributed by atoms with Gasteiger partial charge in [0.2, 0.25) is 5.91 Å². The van der Waals surface area contributed by atoms with Crippen LogP contribution in [0.25, 0.3) is 0 Å². The number of carbonyl (C=O) groups excluding carboxylic acids is 1. The highest BCUT2D eigenvalue weighted by Crippen LogP contribution is 2.49. The van der Waals surface area contributed by atoms with Crippen LogP contribution in [-0.2, 0) is 15.1 Å². The number of hydrogen-bond acceptors (Lipinski definition) is 5. The number of aliphatic carboxylic acids is 1. The Morgan fingerprint density at radius 1 is 1.29 bits per heavy atom. The Morgan fingerprint density at radius 3 is 2.55 bits per heavy atom. The van der Waals surface area contributed by atoms with Gasteiger partial charge in [0.15, 0.2) is 5.96 Å². The van der Waals surface area contributed by atoms with E-state index in [-0.39, 0.29) is 35.7 Å². The molecule has 0 aromatic heterocycles. The normalized spacial score (nSPS) is 29.6. The monoisotopic (exact) mass is 432 g/mol. The summed E-state index contributed by atoms with van der Waals surface area (Å²) in [6, 6.07) is 4.79. The molecule has 3 atom stereocenters. The van der Waals surface area contributed by atoms with E-state index in [0.717, 1.165) is 12.8 Å². The van der Waals surface area contributed by atoms with Gasteiger partial charge in [0.05, 0.1) is 5.41 Å². The summed E-state index contributed by atoms with van der Waals surface area (Å²) in [6.07, 6.45) is 1.78. The predicted octanol–water partition coefficient (Wildman–Crippen LogP) is 3.55. The number of carbonyl (C=O) groups is 2. The third kappa shape index (κ3) is 3.66. The first-order chi connectivity index (χ1) is 14.2. The number of nitrogens with one attached hydrogen (secondary N) is 1. The molecule has 1 aliphatic heterocycles. The second-order valence-electron chi connectivity index (χ2n) is 10.1. The highest BCUT2D eigenvalue weighted by molar-refractivity contribution is 6.01. The summed E-state index contributed by atoms with van der Waals surface area (Å²) < 4.78 is 15.0. The van der Waals surface area contributed by atoms with Crippen molar-refractivity contribution in [1.82, 2.24) is 4.90 Å². The van der Waals surface area contributed by atoms with E-state index in [0.29, 0.717) is 11.3 Å². The van der Waals surface area contributed by atoms with Crippen LogP contribution >= 0.6 is 0 Å². The molecular weight excluding hydrogens is 399 g/mol. The van der Waals surface area contributed by atoms with Crippen molar-refractivity contribution >= 4 is 23.5 Å². The van der Waals surface area contributed by atoms with E-state index in [1.807, 2.05) is 0 Å². The number of nitrogens with zero attached hydrogens (tertiary/aromatic N) is 2. The average Bonchev–Trinajstić information content (AvgIpc) is 2.94. The molecule has 1 heterocycles. The summed E-state index contributed by atoms with van der Waals surface area (Å²) in [4.78, 5) is 30.0. The Kier molecular flexibility index (Phi) is 5.57. The van der Waals surface area contributed by atoms with E-state index < -0.39 is 22.7 Å². The number of nitrogens with two attached hydrogens (primary N) is 1. The molecule has 0 radical (unpaired) electrons. The minimum Gasteiger partial charge on any atom is -0.481 e. The van der Waals surface area contributed by atoms with Crippen LogP contribution in [0.15, 0.2) is 23.2 Å². The molecule has 31 heavy (non-hydrogen) atoms. The summed E-state index contributed by atoms with van der Waals surface area (Å²) in [5.74, 6) is -1.36. The fourth-order valence-electron chi connectivity index (χ4n) is 4.99. The van der Waals surface area contributed by atoms with Crippen LogP contribution < -0.4 is 11.1 Å². The number of benzene rings is 1. The number of amides is 1. The number of carboxylic acids is 1. The van der Waals surface area contributed by atoms with Crippen molar-refractivity contribution in [1.29, 1.82) is 0 Å². The zero-order chi connectivity index (χ0) is 23.4. The quantitative estimate of drug-likeness (QED) is 0.659. The SMILES string of the molecule is CN1C(=O)C(C)(C)[C@](C)(c2cc(NC3CCC(CC(=O)O)C3(C)C)ccc2F)N=C1N. The molecule has 4 N–H and O–H groups in total. The van der Waals surface area contributed by atoms with Crippen LogP contribution in [-0.4, -0.2) is 40.9 Å². The molecule has 0 bridgehead atoms. The van der Waals surface area contributed by atoms with Gasteiger partial charge in [0.25, 0.3) is 0 Å². The third-order valence-corrected chi connectivity index (χ3v) is 7.74. The van der Waals surface area contributed by atoms with Gasteiger partial charge in [-0.3, -0.25) is 14.5 Å². The van der Waals surface area contributed by atoms with Gasteiger partial charge in [-0.05, 0) is 63.1 Å². The van der Waals surface area contributed by atoms with Crippen LogP contribution in [0, 0.1) is 22.6 Å². The van der Waals surface area contributed by atoms with Crippen LogP contribution in [0.4, 0.5) is 10.1 Å². The lowest BCUT2D eigenvalue weighted by molar-refractivity contribution is -0.141. The Hall–Kier alpha value is -2.64. The van der Waals surface area contributed by atoms with Gasteiger partial charge < -0.3 is 16.2 Å². The number of rotatable bonds is 5. The maximum atomic E-state index is 15.0. The van der Waals surface area contributed by atoms with Gasteiger partial charge in [-0.1, -0.05) is 13.8 Å². The molecule has 2 unspecified atom stereocenters. The van der Waals surface area contributed by atoms with Crippen LogP contribution in [0.3, 0.4) is 0 Å². The molecule has 1 fully saturated rings. The lowest BCUT2D eigenvalue weighted by atomic mass is 9.67. The lowest BCUT2D eigenvalue weighted by Gasteiger charge is -2.46. The minimum atomic E-state index is -1.18. The molecule has 170 valence electrons. The molecule has 2 aliphatic rings. The summed E-state index contributed by atoms with van der Waals surface area (Å²) in [6.45, 7) is 9.37. The van der Waals surface area contributed by atoms with E-state index in [2.05, 4.69) is 24.2 Å². The predicted molar refractivity (Wildman–Crippen MR) is 118 cm³/mol. The Balaban J connectivity index is 1.96. The zero-order valence-electron chi connectivity index (χ0n) is 19.1. The molecule has 0 saturated heterocycles. The Bertz CT molecular complexity index is 943. The molecular formula is C23H33FN4O3. The standard InChI is InChI=1S/C23H33FN4O3/c1-21(2)13(11-18(29)30)7-10-17(21)26-14-8-9-16(24)15(12-14)23(5)22(3,4)19(31)28(6)20(25)27-23/h8-9,12-13,17,26H,7,10-11H2,1-6H3,(H2,25,27)(H,29,30)/t13?,17?,23-/m0/s1. The second kappa shape index (κ2) is 7.50. The van der Waals surface area contributed by atoms with Gasteiger partial charge in [-0.2, -0.15) is 0 Å². The number of halogens is 1. The van der Waals surface area contributed by atoms with Gasteiger partial charge in [0.1, 0.15) is 11.4 Å². The van der Waals surface area contributed by atoms with Crippen molar-refractivity contribution in [2.24, 2.45) is 27.5 Å². The summed E-state index contributed by atoms with van der Waals surface area (Å²) in [5.41, 5.74) is 4.56. The van der Waals surface area contributed by atoms with Crippen LogP contribution in [0.2, 0.25) is 0 Å². The average molecular weight is 433 g/mol. The van der Waals surface area contributed by atoms with Crippen LogP contribution in [0.5, 0.6) is 0 Å². The molecule has 1 saturated carbocycles. The fraction of sp³-hybridized carbons (Fsp3) is 0.609. The maximum Gasteiger partial charge on any atom is 0.303 e. The minimum absolute atomic E-state index is 0.0451. The number of guanidine groups is 1.